The maximum atomic E-state index is 6.03. The highest BCUT2D eigenvalue weighted by Crippen LogP contribution is 2.29. The molecule has 2 aromatic carbocycles. The zero-order chi connectivity index (χ0) is 13.5. The zero-order valence-electron chi connectivity index (χ0n) is 10.8. The third kappa shape index (κ3) is 4.05. The van der Waals surface area contributed by atoms with Crippen LogP contribution >= 0.6 is 15.9 Å². The lowest BCUT2D eigenvalue weighted by Gasteiger charge is -2.18. The van der Waals surface area contributed by atoms with Gasteiger partial charge in [-0.2, -0.15) is 0 Å². The van der Waals surface area contributed by atoms with Crippen molar-refractivity contribution >= 4 is 15.9 Å². The van der Waals surface area contributed by atoms with E-state index in [1.54, 1.807) is 0 Å². The summed E-state index contributed by atoms with van der Waals surface area (Å²) >= 11 is 3.58. The summed E-state index contributed by atoms with van der Waals surface area (Å²) in [6.07, 6.45) is 2.73. The second-order valence-corrected chi connectivity index (χ2v) is 5.19. The van der Waals surface area contributed by atoms with Gasteiger partial charge in [0.1, 0.15) is 0 Å². The van der Waals surface area contributed by atoms with Crippen LogP contribution in [0.4, 0.5) is 0 Å². The Bertz CT molecular complexity index is 522. The zero-order valence-corrected chi connectivity index (χ0v) is 12.3. The number of rotatable bonds is 6. The van der Waals surface area contributed by atoms with E-state index in [1.165, 1.54) is 11.1 Å². The molecule has 1 nitrogen and oxygen atoms in total. The summed E-state index contributed by atoms with van der Waals surface area (Å²) in [4.78, 5) is 0. The van der Waals surface area contributed by atoms with Crippen LogP contribution in [0, 0.1) is 0 Å². The number of halogens is 1. The molecule has 0 amide bonds. The first-order chi connectivity index (χ1) is 9.31. The van der Waals surface area contributed by atoms with Crippen LogP contribution in [0.3, 0.4) is 0 Å². The molecular weight excluding hydrogens is 300 g/mol. The number of hydrogen-bond donors (Lipinski definition) is 0. The molecule has 0 fully saturated rings. The molecule has 0 aliphatic heterocycles. The van der Waals surface area contributed by atoms with E-state index in [2.05, 4.69) is 40.7 Å². The maximum absolute atomic E-state index is 6.03. The fourth-order valence-corrected chi connectivity index (χ4v) is 2.48. The highest BCUT2D eigenvalue weighted by Gasteiger charge is 2.13. The van der Waals surface area contributed by atoms with Gasteiger partial charge in [0.2, 0.25) is 0 Å². The third-order valence-corrected chi connectivity index (χ3v) is 3.65. The summed E-state index contributed by atoms with van der Waals surface area (Å²) in [5.74, 6) is 0. The molecule has 0 radical (unpaired) electrons. The van der Waals surface area contributed by atoms with Crippen LogP contribution in [0.5, 0.6) is 0 Å². The summed E-state index contributed by atoms with van der Waals surface area (Å²) in [5.41, 5.74) is 2.35. The van der Waals surface area contributed by atoms with E-state index in [-0.39, 0.29) is 6.10 Å². The van der Waals surface area contributed by atoms with Crippen molar-refractivity contribution in [3.05, 3.63) is 82.9 Å². The Balaban J connectivity index is 2.09. The lowest BCUT2D eigenvalue weighted by Crippen LogP contribution is -2.04. The second-order valence-electron chi connectivity index (χ2n) is 4.33. The predicted molar refractivity (Wildman–Crippen MR) is 82.9 cm³/mol. The molecule has 0 saturated carbocycles. The van der Waals surface area contributed by atoms with Gasteiger partial charge in [-0.15, -0.1) is 6.58 Å². The van der Waals surface area contributed by atoms with Crippen molar-refractivity contribution in [3.63, 3.8) is 0 Å². The third-order valence-electron chi connectivity index (χ3n) is 2.93. The van der Waals surface area contributed by atoms with Gasteiger partial charge < -0.3 is 4.74 Å². The molecule has 0 aliphatic carbocycles. The minimum Gasteiger partial charge on any atom is -0.368 e. The maximum Gasteiger partial charge on any atom is 0.0874 e. The van der Waals surface area contributed by atoms with Gasteiger partial charge in [0, 0.05) is 4.47 Å². The van der Waals surface area contributed by atoms with Crippen LogP contribution in [-0.4, -0.2) is 0 Å². The van der Waals surface area contributed by atoms with Crippen molar-refractivity contribution in [2.45, 2.75) is 19.1 Å². The molecule has 0 aromatic heterocycles. The molecule has 2 aromatic rings. The Hall–Kier alpha value is -1.38. The Labute approximate surface area is 123 Å². The highest BCUT2D eigenvalue weighted by atomic mass is 79.9. The smallest absolute Gasteiger partial charge is 0.0874 e. The SMILES string of the molecule is C=CCC(OCc1ccccc1)c1ccccc1Br. The average Bonchev–Trinajstić information content (AvgIpc) is 2.45. The van der Waals surface area contributed by atoms with Crippen LogP contribution in [0.25, 0.3) is 0 Å². The van der Waals surface area contributed by atoms with E-state index in [1.807, 2.05) is 42.5 Å². The molecule has 19 heavy (non-hydrogen) atoms. The number of hydrogen-bond acceptors (Lipinski definition) is 1. The first-order valence-corrected chi connectivity index (χ1v) is 7.11. The van der Waals surface area contributed by atoms with Crippen molar-refractivity contribution in [1.82, 2.24) is 0 Å². The lowest BCUT2D eigenvalue weighted by molar-refractivity contribution is 0.0413. The predicted octanol–water partition coefficient (Wildman–Crippen LogP) is 5.28. The summed E-state index contributed by atoms with van der Waals surface area (Å²) < 4.78 is 7.11. The van der Waals surface area contributed by atoms with Gasteiger partial charge in [0.05, 0.1) is 12.7 Å². The molecule has 2 heteroatoms. The molecule has 98 valence electrons. The lowest BCUT2D eigenvalue weighted by atomic mass is 10.1. The average molecular weight is 317 g/mol. The van der Waals surface area contributed by atoms with Gasteiger partial charge >= 0.3 is 0 Å². The molecule has 1 atom stereocenters. The van der Waals surface area contributed by atoms with Gasteiger partial charge in [-0.3, -0.25) is 0 Å². The normalized spacial score (nSPS) is 12.1. The summed E-state index contributed by atoms with van der Waals surface area (Å²) in [5, 5.41) is 0. The van der Waals surface area contributed by atoms with Crippen LogP contribution in [0.2, 0.25) is 0 Å². The molecule has 0 bridgehead atoms. The summed E-state index contributed by atoms with van der Waals surface area (Å²) in [6.45, 7) is 4.43. The first kappa shape index (κ1) is 14.0. The van der Waals surface area contributed by atoms with E-state index in [4.69, 9.17) is 4.74 Å². The fourth-order valence-electron chi connectivity index (χ4n) is 1.94. The molecular formula is C17H17BrO. The largest absolute Gasteiger partial charge is 0.368 e. The Morgan fingerprint density at radius 1 is 1.05 bits per heavy atom. The number of ether oxygens (including phenoxy) is 1. The topological polar surface area (TPSA) is 9.23 Å². The van der Waals surface area contributed by atoms with E-state index in [0.717, 1.165) is 10.9 Å². The molecule has 0 heterocycles. The van der Waals surface area contributed by atoms with E-state index < -0.39 is 0 Å². The van der Waals surface area contributed by atoms with Gasteiger partial charge in [-0.1, -0.05) is 70.5 Å². The molecule has 0 N–H and O–H groups in total. The van der Waals surface area contributed by atoms with Gasteiger partial charge in [-0.25, -0.2) is 0 Å². The van der Waals surface area contributed by atoms with Gasteiger partial charge in [-0.05, 0) is 23.6 Å². The van der Waals surface area contributed by atoms with Crippen LogP contribution in [-0.2, 0) is 11.3 Å². The minimum absolute atomic E-state index is 0.0354. The Morgan fingerprint density at radius 3 is 2.42 bits per heavy atom. The molecule has 0 spiro atoms. The van der Waals surface area contributed by atoms with Crippen molar-refractivity contribution < 1.29 is 4.74 Å². The van der Waals surface area contributed by atoms with E-state index >= 15 is 0 Å². The molecule has 0 aliphatic rings. The monoisotopic (exact) mass is 316 g/mol. The van der Waals surface area contributed by atoms with E-state index in [9.17, 15) is 0 Å². The molecule has 1 unspecified atom stereocenters. The summed E-state index contributed by atoms with van der Waals surface area (Å²) in [6, 6.07) is 18.4. The Morgan fingerprint density at radius 2 is 1.74 bits per heavy atom. The molecule has 2 rings (SSSR count). The first-order valence-electron chi connectivity index (χ1n) is 6.32. The minimum atomic E-state index is 0.0354. The van der Waals surface area contributed by atoms with E-state index in [0.29, 0.717) is 6.61 Å². The van der Waals surface area contributed by atoms with Gasteiger partial charge in [0.25, 0.3) is 0 Å². The van der Waals surface area contributed by atoms with Crippen molar-refractivity contribution in [2.24, 2.45) is 0 Å². The quantitative estimate of drug-likeness (QED) is 0.658. The van der Waals surface area contributed by atoms with Crippen molar-refractivity contribution in [3.8, 4) is 0 Å². The standard InChI is InChI=1S/C17H17BrO/c1-2-8-17(15-11-6-7-12-16(15)18)19-13-14-9-4-3-5-10-14/h2-7,9-12,17H,1,8,13H2. The Kier molecular flexibility index (Phi) is 5.37. The highest BCUT2D eigenvalue weighted by molar-refractivity contribution is 9.10. The van der Waals surface area contributed by atoms with Crippen LogP contribution < -0.4 is 0 Å². The molecule has 0 saturated heterocycles. The fraction of sp³-hybridized carbons (Fsp3) is 0.176. The van der Waals surface area contributed by atoms with Gasteiger partial charge in [0.15, 0.2) is 0 Å². The second kappa shape index (κ2) is 7.27. The van der Waals surface area contributed by atoms with Crippen molar-refractivity contribution in [1.29, 1.82) is 0 Å². The number of benzene rings is 2. The van der Waals surface area contributed by atoms with Crippen LogP contribution in [0.15, 0.2) is 71.7 Å². The summed E-state index contributed by atoms with van der Waals surface area (Å²) in [7, 11) is 0. The van der Waals surface area contributed by atoms with Crippen LogP contribution in [0.1, 0.15) is 23.7 Å². The van der Waals surface area contributed by atoms with Crippen molar-refractivity contribution in [2.75, 3.05) is 0 Å².